The van der Waals surface area contributed by atoms with Crippen molar-refractivity contribution in [3.63, 3.8) is 0 Å². The molecule has 1 amide bonds. The number of fused-ring (bicyclic) bond motifs is 1. The van der Waals surface area contributed by atoms with Crippen molar-refractivity contribution in [2.75, 3.05) is 6.54 Å². The number of piperidine rings is 1. The number of carbonyl (C=O) groups is 1. The lowest BCUT2D eigenvalue weighted by Crippen LogP contribution is -2.39. The number of hydrogen-bond acceptors (Lipinski definition) is 4. The van der Waals surface area contributed by atoms with Gasteiger partial charge in [-0.1, -0.05) is 18.2 Å². The van der Waals surface area contributed by atoms with Gasteiger partial charge in [0, 0.05) is 18.3 Å². The Morgan fingerprint density at radius 1 is 1.30 bits per heavy atom. The highest BCUT2D eigenvalue weighted by Crippen LogP contribution is 2.33. The van der Waals surface area contributed by atoms with Crippen molar-refractivity contribution in [2.24, 2.45) is 7.05 Å². The standard InChI is InChI=1S/C17H18N4OS/c1-20-11-18-19-16(20)13-7-4-5-9-21(13)17(22)15-10-12-6-2-3-8-14(12)23-15/h2-3,6,8,10-11,13H,4-5,7,9H2,1H3. The van der Waals surface area contributed by atoms with E-state index in [1.165, 1.54) is 0 Å². The summed E-state index contributed by atoms with van der Waals surface area (Å²) in [5.41, 5.74) is 0. The first kappa shape index (κ1) is 14.4. The van der Waals surface area contributed by atoms with Gasteiger partial charge in [0.25, 0.3) is 5.91 Å². The minimum absolute atomic E-state index is 0.0222. The van der Waals surface area contributed by atoms with Crippen molar-refractivity contribution in [1.29, 1.82) is 0 Å². The van der Waals surface area contributed by atoms with Crippen molar-refractivity contribution >= 4 is 27.3 Å². The molecular weight excluding hydrogens is 308 g/mol. The van der Waals surface area contributed by atoms with E-state index >= 15 is 0 Å². The van der Waals surface area contributed by atoms with Crippen LogP contribution in [0, 0.1) is 0 Å². The van der Waals surface area contributed by atoms with Crippen LogP contribution in [0.25, 0.3) is 10.1 Å². The zero-order chi connectivity index (χ0) is 15.8. The van der Waals surface area contributed by atoms with Crippen LogP contribution in [0.15, 0.2) is 36.7 Å². The van der Waals surface area contributed by atoms with Crippen LogP contribution in [0.2, 0.25) is 0 Å². The van der Waals surface area contributed by atoms with Gasteiger partial charge in [-0.05, 0) is 36.8 Å². The van der Waals surface area contributed by atoms with Gasteiger partial charge >= 0.3 is 0 Å². The van der Waals surface area contributed by atoms with Crippen molar-refractivity contribution in [1.82, 2.24) is 19.7 Å². The maximum atomic E-state index is 13.1. The summed E-state index contributed by atoms with van der Waals surface area (Å²) in [6.07, 6.45) is 4.81. The first-order chi connectivity index (χ1) is 11.2. The third-order valence-electron chi connectivity index (χ3n) is 4.44. The Bertz CT molecular complexity index is 820. The highest BCUT2D eigenvalue weighted by atomic mass is 32.1. The Hall–Kier alpha value is -2.21. The number of carbonyl (C=O) groups excluding carboxylic acids is 1. The molecule has 23 heavy (non-hydrogen) atoms. The van der Waals surface area contributed by atoms with Gasteiger partial charge in [0.1, 0.15) is 6.33 Å². The highest BCUT2D eigenvalue weighted by Gasteiger charge is 2.32. The van der Waals surface area contributed by atoms with Crippen LogP contribution in [-0.4, -0.2) is 32.1 Å². The molecule has 2 aromatic heterocycles. The fourth-order valence-electron chi connectivity index (χ4n) is 3.27. The molecule has 1 atom stereocenters. The maximum absolute atomic E-state index is 13.1. The van der Waals surface area contributed by atoms with E-state index in [2.05, 4.69) is 22.3 Å². The van der Waals surface area contributed by atoms with E-state index in [1.807, 2.05) is 34.7 Å². The molecule has 1 aromatic carbocycles. The Morgan fingerprint density at radius 2 is 2.17 bits per heavy atom. The summed E-state index contributed by atoms with van der Waals surface area (Å²) in [5, 5.41) is 9.34. The number of aromatic nitrogens is 3. The van der Waals surface area contributed by atoms with Crippen molar-refractivity contribution in [3.05, 3.63) is 47.4 Å². The molecule has 0 saturated carbocycles. The minimum Gasteiger partial charge on any atom is -0.328 e. The molecule has 1 fully saturated rings. The average Bonchev–Trinajstić information content (AvgIpc) is 3.20. The average molecular weight is 326 g/mol. The van der Waals surface area contributed by atoms with E-state index in [1.54, 1.807) is 17.7 Å². The second kappa shape index (κ2) is 5.77. The molecule has 3 heterocycles. The molecule has 0 radical (unpaired) electrons. The number of nitrogens with zero attached hydrogens (tertiary/aromatic N) is 4. The summed E-state index contributed by atoms with van der Waals surface area (Å²) in [5.74, 6) is 0.984. The van der Waals surface area contributed by atoms with E-state index in [4.69, 9.17) is 0 Å². The Morgan fingerprint density at radius 3 is 2.96 bits per heavy atom. The predicted octanol–water partition coefficient (Wildman–Crippen LogP) is 3.40. The fraction of sp³-hybridized carbons (Fsp3) is 0.353. The Kier molecular flexibility index (Phi) is 3.61. The smallest absolute Gasteiger partial charge is 0.264 e. The maximum Gasteiger partial charge on any atom is 0.264 e. The van der Waals surface area contributed by atoms with Gasteiger partial charge < -0.3 is 9.47 Å². The molecule has 3 aromatic rings. The molecule has 5 nitrogen and oxygen atoms in total. The normalized spacial score (nSPS) is 18.5. The molecule has 0 N–H and O–H groups in total. The molecule has 1 unspecified atom stereocenters. The van der Waals surface area contributed by atoms with E-state index < -0.39 is 0 Å². The topological polar surface area (TPSA) is 51.0 Å². The van der Waals surface area contributed by atoms with Gasteiger partial charge in [-0.2, -0.15) is 0 Å². The Balaban J connectivity index is 1.68. The monoisotopic (exact) mass is 326 g/mol. The molecule has 4 rings (SSSR count). The number of thiophene rings is 1. The van der Waals surface area contributed by atoms with Crippen LogP contribution >= 0.6 is 11.3 Å². The fourth-order valence-corrected chi connectivity index (χ4v) is 4.28. The molecule has 118 valence electrons. The van der Waals surface area contributed by atoms with Crippen LogP contribution in [0.3, 0.4) is 0 Å². The van der Waals surface area contributed by atoms with Gasteiger partial charge in [-0.15, -0.1) is 21.5 Å². The van der Waals surface area contributed by atoms with Crippen LogP contribution in [0.1, 0.15) is 40.8 Å². The summed E-state index contributed by atoms with van der Waals surface area (Å²) in [4.78, 5) is 15.8. The molecule has 0 spiro atoms. The number of likely N-dealkylation sites (tertiary alicyclic amines) is 1. The molecular formula is C17H18N4OS. The zero-order valence-corrected chi connectivity index (χ0v) is 13.8. The number of benzene rings is 1. The van der Waals surface area contributed by atoms with Crippen molar-refractivity contribution in [3.8, 4) is 0 Å². The Labute approximate surface area is 138 Å². The van der Waals surface area contributed by atoms with E-state index in [0.29, 0.717) is 0 Å². The van der Waals surface area contributed by atoms with Gasteiger partial charge in [-0.25, -0.2) is 0 Å². The summed E-state index contributed by atoms with van der Waals surface area (Å²) >= 11 is 1.57. The molecule has 0 bridgehead atoms. The molecule has 0 aliphatic carbocycles. The van der Waals surface area contributed by atoms with Gasteiger partial charge in [-0.3, -0.25) is 4.79 Å². The van der Waals surface area contributed by atoms with Gasteiger partial charge in [0.05, 0.1) is 10.9 Å². The highest BCUT2D eigenvalue weighted by molar-refractivity contribution is 7.20. The van der Waals surface area contributed by atoms with Gasteiger partial charge in [0.2, 0.25) is 0 Å². The second-order valence-corrected chi connectivity index (χ2v) is 7.04. The quantitative estimate of drug-likeness (QED) is 0.725. The predicted molar refractivity (Wildman–Crippen MR) is 90.5 cm³/mol. The van der Waals surface area contributed by atoms with Gasteiger partial charge in [0.15, 0.2) is 5.82 Å². The summed E-state index contributed by atoms with van der Waals surface area (Å²) in [7, 11) is 1.94. The zero-order valence-electron chi connectivity index (χ0n) is 13.0. The minimum atomic E-state index is 0.0222. The van der Waals surface area contributed by atoms with Crippen molar-refractivity contribution in [2.45, 2.75) is 25.3 Å². The van der Waals surface area contributed by atoms with Crippen LogP contribution in [0.4, 0.5) is 0 Å². The van der Waals surface area contributed by atoms with E-state index in [9.17, 15) is 4.79 Å². The van der Waals surface area contributed by atoms with E-state index in [0.717, 1.165) is 46.6 Å². The van der Waals surface area contributed by atoms with E-state index in [-0.39, 0.29) is 11.9 Å². The molecule has 6 heteroatoms. The number of rotatable bonds is 2. The summed E-state index contributed by atoms with van der Waals surface area (Å²) < 4.78 is 3.07. The first-order valence-corrected chi connectivity index (χ1v) is 8.69. The molecule has 1 aliphatic rings. The lowest BCUT2D eigenvalue weighted by molar-refractivity contribution is 0.0601. The number of aryl methyl sites for hydroxylation is 1. The van der Waals surface area contributed by atoms with Crippen molar-refractivity contribution < 1.29 is 4.79 Å². The first-order valence-electron chi connectivity index (χ1n) is 7.87. The van der Waals surface area contributed by atoms with Crippen LogP contribution < -0.4 is 0 Å². The number of amides is 1. The lowest BCUT2D eigenvalue weighted by atomic mass is 10.0. The molecule has 1 saturated heterocycles. The largest absolute Gasteiger partial charge is 0.328 e. The van der Waals surface area contributed by atoms with Crippen LogP contribution in [-0.2, 0) is 7.05 Å². The SMILES string of the molecule is Cn1cnnc1C1CCCCN1C(=O)c1cc2ccccc2s1. The third kappa shape index (κ3) is 2.53. The summed E-state index contributed by atoms with van der Waals surface area (Å²) in [6, 6.07) is 10.2. The number of hydrogen-bond donors (Lipinski definition) is 0. The second-order valence-electron chi connectivity index (χ2n) is 5.96. The molecule has 1 aliphatic heterocycles. The summed E-state index contributed by atoms with van der Waals surface area (Å²) in [6.45, 7) is 0.782. The van der Waals surface area contributed by atoms with Crippen LogP contribution in [0.5, 0.6) is 0 Å². The third-order valence-corrected chi connectivity index (χ3v) is 5.55. The lowest BCUT2D eigenvalue weighted by Gasteiger charge is -2.34.